The lowest BCUT2D eigenvalue weighted by Gasteiger charge is -2.14. The molecule has 4 aromatic rings. The van der Waals surface area contributed by atoms with Gasteiger partial charge in [0.1, 0.15) is 11.4 Å². The molecule has 184 valence electrons. The Labute approximate surface area is 220 Å². The van der Waals surface area contributed by atoms with Crippen molar-refractivity contribution in [3.63, 3.8) is 0 Å². The van der Waals surface area contributed by atoms with Gasteiger partial charge in [-0.15, -0.1) is 0 Å². The van der Waals surface area contributed by atoms with Crippen LogP contribution in [-0.4, -0.2) is 29.0 Å². The van der Waals surface area contributed by atoms with Gasteiger partial charge in [-0.1, -0.05) is 39.7 Å². The lowest BCUT2D eigenvalue weighted by atomic mass is 10.2. The second-order valence-corrected chi connectivity index (χ2v) is 9.10. The number of fused-ring (bicyclic) bond motifs is 1. The summed E-state index contributed by atoms with van der Waals surface area (Å²) >= 11 is 9.57. The number of carbonyl (C=O) groups is 3. The van der Waals surface area contributed by atoms with Crippen LogP contribution in [-0.2, 0) is 9.59 Å². The van der Waals surface area contributed by atoms with E-state index in [1.165, 1.54) is 4.68 Å². The molecular formula is C26H22BrClN4O4. The maximum Gasteiger partial charge on any atom is 0.328 e. The predicted molar refractivity (Wildman–Crippen MR) is 144 cm³/mol. The quantitative estimate of drug-likeness (QED) is 0.258. The Hall–Kier alpha value is -3.82. The van der Waals surface area contributed by atoms with Gasteiger partial charge in [-0.25, -0.2) is 4.68 Å². The Bertz CT molecular complexity index is 1480. The first-order valence-electron chi connectivity index (χ1n) is 11.0. The van der Waals surface area contributed by atoms with Crippen molar-refractivity contribution in [2.75, 3.05) is 22.7 Å². The van der Waals surface area contributed by atoms with Crippen LogP contribution in [0.5, 0.6) is 5.75 Å². The number of halogens is 2. The van der Waals surface area contributed by atoms with E-state index in [1.807, 2.05) is 26.0 Å². The molecule has 0 bridgehead atoms. The Morgan fingerprint density at radius 3 is 2.50 bits per heavy atom. The number of aromatic nitrogens is 1. The summed E-state index contributed by atoms with van der Waals surface area (Å²) in [4.78, 5) is 38.8. The molecule has 0 atom stereocenters. The summed E-state index contributed by atoms with van der Waals surface area (Å²) in [7, 11) is 0. The predicted octanol–water partition coefficient (Wildman–Crippen LogP) is 5.73. The number of carbonyl (C=O) groups excluding carboxylic acids is 3. The summed E-state index contributed by atoms with van der Waals surface area (Å²) in [6.45, 7) is 4.12. The third-order valence-electron chi connectivity index (χ3n) is 5.27. The van der Waals surface area contributed by atoms with Crippen LogP contribution in [0.3, 0.4) is 0 Å². The average molecular weight is 570 g/mol. The number of rotatable bonds is 6. The number of nitrogens with zero attached hydrogens (tertiary/aromatic N) is 1. The van der Waals surface area contributed by atoms with Gasteiger partial charge in [0.05, 0.1) is 17.8 Å². The molecule has 0 aliphatic rings. The second kappa shape index (κ2) is 10.8. The topological polar surface area (TPSA) is 101 Å². The summed E-state index contributed by atoms with van der Waals surface area (Å²) in [5.74, 6) is -1.94. The number of hydrogen-bond acceptors (Lipinski definition) is 4. The third-order valence-corrected chi connectivity index (χ3v) is 6.39. The van der Waals surface area contributed by atoms with E-state index in [0.29, 0.717) is 39.7 Å². The molecule has 1 aromatic heterocycles. The number of benzene rings is 3. The Balaban J connectivity index is 1.62. The zero-order valence-corrected chi connectivity index (χ0v) is 21.7. The van der Waals surface area contributed by atoms with Gasteiger partial charge in [0.2, 0.25) is 0 Å². The summed E-state index contributed by atoms with van der Waals surface area (Å²) < 4.78 is 7.67. The molecule has 0 aliphatic heterocycles. The van der Waals surface area contributed by atoms with Crippen molar-refractivity contribution in [1.29, 1.82) is 0 Å². The molecule has 8 nitrogen and oxygen atoms in total. The van der Waals surface area contributed by atoms with Gasteiger partial charge in [0, 0.05) is 20.6 Å². The van der Waals surface area contributed by atoms with Gasteiger partial charge in [-0.3, -0.25) is 19.8 Å². The zero-order valence-electron chi connectivity index (χ0n) is 19.4. The summed E-state index contributed by atoms with van der Waals surface area (Å²) in [6.07, 6.45) is 0. The molecule has 0 aliphatic carbocycles. The normalized spacial score (nSPS) is 10.7. The van der Waals surface area contributed by atoms with Crippen molar-refractivity contribution < 1.29 is 19.1 Å². The Morgan fingerprint density at radius 2 is 1.75 bits per heavy atom. The Kier molecular flexibility index (Phi) is 7.61. The van der Waals surface area contributed by atoms with Crippen LogP contribution in [0.2, 0.25) is 5.02 Å². The zero-order chi connectivity index (χ0) is 25.8. The monoisotopic (exact) mass is 568 g/mol. The lowest BCUT2D eigenvalue weighted by Crippen LogP contribution is -2.36. The third kappa shape index (κ3) is 5.53. The van der Waals surface area contributed by atoms with Crippen LogP contribution < -0.4 is 20.8 Å². The first-order valence-corrected chi connectivity index (χ1v) is 12.2. The minimum atomic E-state index is -0.970. The second-order valence-electron chi connectivity index (χ2n) is 7.81. The number of ether oxygens (including phenoxy) is 1. The number of aryl methyl sites for hydroxylation is 1. The van der Waals surface area contributed by atoms with E-state index in [2.05, 4.69) is 32.0 Å². The molecule has 3 aromatic carbocycles. The molecule has 0 saturated heterocycles. The Morgan fingerprint density at radius 1 is 0.972 bits per heavy atom. The van der Waals surface area contributed by atoms with Crippen LogP contribution >= 0.6 is 27.5 Å². The SMILES string of the molecule is CCOc1ccccc1NC(=O)C(=O)Nn1c(C(=O)Nc2ccc(Br)c(C)c2)cc2cc(Cl)ccc21. The van der Waals surface area contributed by atoms with E-state index < -0.39 is 17.7 Å². The summed E-state index contributed by atoms with van der Waals surface area (Å²) in [5.41, 5.74) is 5.00. The van der Waals surface area contributed by atoms with Crippen LogP contribution in [0, 0.1) is 6.92 Å². The smallest absolute Gasteiger partial charge is 0.328 e. The molecule has 0 radical (unpaired) electrons. The minimum absolute atomic E-state index is 0.115. The fraction of sp³-hybridized carbons (Fsp3) is 0.115. The van der Waals surface area contributed by atoms with E-state index in [0.717, 1.165) is 10.0 Å². The van der Waals surface area contributed by atoms with Crippen molar-refractivity contribution in [1.82, 2.24) is 4.68 Å². The molecule has 10 heteroatoms. The highest BCUT2D eigenvalue weighted by Gasteiger charge is 2.22. The van der Waals surface area contributed by atoms with Crippen molar-refractivity contribution in [3.05, 3.63) is 87.5 Å². The first-order chi connectivity index (χ1) is 17.3. The van der Waals surface area contributed by atoms with Gasteiger partial charge in [-0.05, 0) is 74.0 Å². The summed E-state index contributed by atoms with van der Waals surface area (Å²) in [6, 6.07) is 18.7. The lowest BCUT2D eigenvalue weighted by molar-refractivity contribution is -0.133. The van der Waals surface area contributed by atoms with Gasteiger partial charge in [0.15, 0.2) is 0 Å². The fourth-order valence-corrected chi connectivity index (χ4v) is 4.00. The van der Waals surface area contributed by atoms with E-state index in [4.69, 9.17) is 16.3 Å². The van der Waals surface area contributed by atoms with Crippen LogP contribution in [0.15, 0.2) is 71.2 Å². The van der Waals surface area contributed by atoms with Gasteiger partial charge in [-0.2, -0.15) is 0 Å². The standard InChI is InChI=1S/C26H22BrClN4O4/c1-3-36-23-7-5-4-6-20(23)30-25(34)26(35)31-32-21-11-8-17(28)13-16(21)14-22(32)24(33)29-18-9-10-19(27)15(2)12-18/h4-14H,3H2,1-2H3,(H,29,33)(H,30,34)(H,31,35). The molecule has 36 heavy (non-hydrogen) atoms. The highest BCUT2D eigenvalue weighted by molar-refractivity contribution is 9.10. The highest BCUT2D eigenvalue weighted by Crippen LogP contribution is 2.26. The van der Waals surface area contributed by atoms with E-state index in [9.17, 15) is 14.4 Å². The average Bonchev–Trinajstić information content (AvgIpc) is 3.20. The first kappa shape index (κ1) is 25.3. The maximum atomic E-state index is 13.2. The van der Waals surface area contributed by atoms with Crippen LogP contribution in [0.1, 0.15) is 23.0 Å². The number of amides is 3. The molecular weight excluding hydrogens is 548 g/mol. The van der Waals surface area contributed by atoms with Gasteiger partial charge >= 0.3 is 11.8 Å². The fourth-order valence-electron chi connectivity index (χ4n) is 3.57. The molecule has 0 unspecified atom stereocenters. The molecule has 0 saturated carbocycles. The van der Waals surface area contributed by atoms with E-state index in [1.54, 1.807) is 54.6 Å². The molecule has 0 fully saturated rings. The summed E-state index contributed by atoms with van der Waals surface area (Å²) in [5, 5.41) is 6.45. The molecule has 1 heterocycles. The molecule has 3 N–H and O–H groups in total. The number of para-hydroxylation sites is 2. The van der Waals surface area contributed by atoms with Crippen LogP contribution in [0.25, 0.3) is 10.9 Å². The van der Waals surface area contributed by atoms with Crippen molar-refractivity contribution in [3.8, 4) is 5.75 Å². The van der Waals surface area contributed by atoms with Crippen LogP contribution in [0.4, 0.5) is 11.4 Å². The maximum absolute atomic E-state index is 13.2. The molecule has 3 amide bonds. The van der Waals surface area contributed by atoms with Gasteiger partial charge < -0.3 is 15.4 Å². The van der Waals surface area contributed by atoms with Crippen molar-refractivity contribution in [2.45, 2.75) is 13.8 Å². The minimum Gasteiger partial charge on any atom is -0.492 e. The highest BCUT2D eigenvalue weighted by atomic mass is 79.9. The van der Waals surface area contributed by atoms with Gasteiger partial charge in [0.25, 0.3) is 5.91 Å². The molecule has 4 rings (SSSR count). The van der Waals surface area contributed by atoms with E-state index >= 15 is 0 Å². The molecule has 0 spiro atoms. The number of anilines is 2. The largest absolute Gasteiger partial charge is 0.492 e. The number of hydrogen-bond donors (Lipinski definition) is 3. The van der Waals surface area contributed by atoms with Crippen molar-refractivity contribution in [2.24, 2.45) is 0 Å². The van der Waals surface area contributed by atoms with E-state index in [-0.39, 0.29) is 5.69 Å². The van der Waals surface area contributed by atoms with Crippen molar-refractivity contribution >= 4 is 67.5 Å². The number of nitrogens with one attached hydrogen (secondary N) is 3.